The van der Waals surface area contributed by atoms with E-state index in [0.717, 1.165) is 35.3 Å². The van der Waals surface area contributed by atoms with Gasteiger partial charge < -0.3 is 76.1 Å². The SMILES string of the molecule is [2H]C([2H])(CO)O[C@@]1([2H])C([2H])([2H])[C@@]([2H])(n2nnc3c(N[C@@H]4C[C@@]4([2H])c4ccc(C)c(F)c4)nc(SCCC)nc32)[C@]([2H])(O)[C@]1([2H])O.[2H]C([2H])(O)C([2H])([2H])O[C@@]1([2H])C([2H])([2H])[C@@]([2H])(n2nnc3c(N[C@@H]4C[C@@]4([2H])c4ccc(C)c(F)c4)nc(SCCC)nc32)[C@]([2H])(O)[C@]1([2H])O.[2H]C([2H])(O)CO[C@@]1([2H])C([2H])([2H])[C@@]([2H])(n2nnc3c(N[C@@H]4C[C@@]4([2H])c4ccc(C)c(F)c4)nc(SCCC)nc32)[C@]([2H])(O)[C@]1([2H])O. The van der Waals surface area contributed by atoms with Crippen LogP contribution >= 0.6 is 35.3 Å². The first-order valence-electron chi connectivity index (χ1n) is 47.9. The largest absolute Gasteiger partial charge is 0.394 e. The fourth-order valence-electron chi connectivity index (χ4n) is 11.0. The number of hydrogen-bond donors (Lipinski definition) is 12. The number of fused-ring (bicyclic) bond motifs is 3. The Hall–Kier alpha value is -7.14. The Labute approximate surface area is 674 Å². The number of ether oxygens (including phenoxy) is 3. The van der Waals surface area contributed by atoms with Crippen molar-refractivity contribution >= 4 is 86.2 Å². The van der Waals surface area contributed by atoms with Gasteiger partial charge in [0.25, 0.3) is 0 Å². The molecular weight excluding hydrogens is 1460 g/mol. The second-order valence-electron chi connectivity index (χ2n) is 24.5. The lowest BCUT2D eigenvalue weighted by Crippen LogP contribution is -2.33. The van der Waals surface area contributed by atoms with Crippen molar-refractivity contribution in [2.45, 2.75) is 223 Å². The van der Waals surface area contributed by atoms with Crippen molar-refractivity contribution in [3.05, 3.63) is 105 Å². The first-order chi connectivity index (χ1) is 62.6. The van der Waals surface area contributed by atoms with Gasteiger partial charge in [0.1, 0.15) is 53.9 Å². The van der Waals surface area contributed by atoms with Crippen LogP contribution in [0, 0.1) is 38.2 Å². The van der Waals surface area contributed by atoms with Crippen LogP contribution in [-0.4, -0.2) is 250 Å². The molecule has 0 radical (unpaired) electrons. The Morgan fingerprint density at radius 2 is 0.796 bits per heavy atom. The number of thioether (sulfide) groups is 3. The van der Waals surface area contributed by atoms with E-state index in [-0.39, 0.29) is 73.4 Å². The first kappa shape index (κ1) is 50.0. The van der Waals surface area contributed by atoms with Crippen LogP contribution in [0.2, 0.25) is 0 Å². The monoisotopic (exact) mass is 1580 g/mol. The van der Waals surface area contributed by atoms with Crippen LogP contribution in [0.25, 0.3) is 33.5 Å². The molecule has 0 aliphatic heterocycles. The normalized spacial score (nSPS) is 43.7. The van der Waals surface area contributed by atoms with E-state index in [4.69, 9.17) is 49.2 Å². The van der Waals surface area contributed by atoms with Crippen molar-refractivity contribution in [3.8, 4) is 0 Å². The maximum Gasteiger partial charge on any atom is 0.191 e. The average molecular weight is 1590 g/mol. The highest BCUT2D eigenvalue weighted by atomic mass is 32.2. The van der Waals surface area contributed by atoms with Gasteiger partial charge in [-0.1, -0.05) is 108 Å². The zero-order chi connectivity index (χ0) is 103. The summed E-state index contributed by atoms with van der Waals surface area (Å²) in [6, 6.07) is 0.457. The Bertz CT molecular complexity index is 6180. The van der Waals surface area contributed by atoms with Crippen LogP contribution in [0.3, 0.4) is 0 Å². The number of nitrogens with one attached hydrogen (secondary N) is 3. The van der Waals surface area contributed by atoms with Gasteiger partial charge in [0.2, 0.25) is 0 Å². The number of aliphatic hydroxyl groups excluding tert-OH is 1. The molecule has 0 spiro atoms. The molecule has 0 saturated heterocycles. The van der Waals surface area contributed by atoms with E-state index in [1.807, 2.05) is 20.8 Å². The molecule has 15 rings (SSSR count). The molecule has 6 saturated carbocycles. The lowest BCUT2D eigenvalue weighted by molar-refractivity contribution is -0.0629. The van der Waals surface area contributed by atoms with E-state index < -0.39 is 202 Å². The van der Waals surface area contributed by atoms with Crippen molar-refractivity contribution < 1.29 is 113 Å². The maximum absolute atomic E-state index is 14.3. The molecule has 12 N–H and O–H groups in total. The number of hydrogen-bond acceptors (Lipinski definition) is 30. The number of aryl methyl sites for hydroxylation is 3. The Morgan fingerprint density at radius 3 is 1.09 bits per heavy atom. The molecule has 6 fully saturated rings. The second-order valence-corrected chi connectivity index (χ2v) is 27.7. The third-order valence-electron chi connectivity index (χ3n) is 16.8. The number of aromatic nitrogens is 15. The summed E-state index contributed by atoms with van der Waals surface area (Å²) in [5.74, 6) is -3.88. The summed E-state index contributed by atoms with van der Waals surface area (Å²) in [5, 5.41) is 127. The fourth-order valence-corrected chi connectivity index (χ4v) is 13.1. The summed E-state index contributed by atoms with van der Waals surface area (Å²) in [5.41, 5.74) is 0.279. The predicted molar refractivity (Wildman–Crippen MR) is 398 cm³/mol. The molecule has 0 unspecified atom stereocenters. The summed E-state index contributed by atoms with van der Waals surface area (Å²) < 4.78 is 300. The van der Waals surface area contributed by atoms with E-state index >= 15 is 0 Å². The average Bonchev–Trinajstić information content (AvgIpc) is 1.49. The number of rotatable bonds is 30. The van der Waals surface area contributed by atoms with Crippen LogP contribution in [-0.2, 0) is 14.2 Å². The van der Waals surface area contributed by atoms with E-state index in [0.29, 0.717) is 79.3 Å². The van der Waals surface area contributed by atoms with Crippen LogP contribution in [0.15, 0.2) is 70.1 Å². The van der Waals surface area contributed by atoms with E-state index in [1.165, 1.54) is 18.2 Å². The van der Waals surface area contributed by atoms with Crippen molar-refractivity contribution in [2.24, 2.45) is 0 Å². The molecule has 36 heteroatoms. The molecule has 9 aromatic rings. The van der Waals surface area contributed by atoms with Crippen LogP contribution < -0.4 is 16.0 Å². The Balaban J connectivity index is 0.000000174. The van der Waals surface area contributed by atoms with Gasteiger partial charge in [0.05, 0.1) is 103 Å². The molecule has 0 amide bonds. The fraction of sp³-hybridized carbons (Fsp3) is 0.583. The molecule has 108 heavy (non-hydrogen) atoms. The van der Waals surface area contributed by atoms with Gasteiger partial charge in [0, 0.05) is 84.5 Å². The van der Waals surface area contributed by atoms with Gasteiger partial charge >= 0.3 is 0 Å². The smallest absolute Gasteiger partial charge is 0.191 e. The van der Waals surface area contributed by atoms with Gasteiger partial charge in [-0.05, 0) is 111 Å². The number of halogens is 3. The van der Waals surface area contributed by atoms with Gasteiger partial charge in [-0.3, -0.25) is 0 Å². The van der Waals surface area contributed by atoms with Gasteiger partial charge in [-0.25, -0.2) is 57.1 Å². The van der Waals surface area contributed by atoms with Crippen LogP contribution in [0.5, 0.6) is 0 Å². The maximum atomic E-state index is 14.3. The highest BCUT2D eigenvalue weighted by Gasteiger charge is 2.49. The highest BCUT2D eigenvalue weighted by molar-refractivity contribution is 7.99. The number of anilines is 3. The second kappa shape index (κ2) is 35.1. The molecular formula is C72H93F3N18O12S3. The number of aliphatic hydroxyl groups is 9. The zero-order valence-corrected chi connectivity index (χ0v) is 60.5. The summed E-state index contributed by atoms with van der Waals surface area (Å²) in [4.78, 5) is 26.2. The number of nitrogens with zero attached hydrogens (tertiary/aromatic N) is 15. The van der Waals surface area contributed by atoms with Gasteiger partial charge in [0.15, 0.2) is 66.4 Å². The lowest BCUT2D eigenvalue weighted by Gasteiger charge is -2.17. The van der Waals surface area contributed by atoms with Gasteiger partial charge in [-0.2, -0.15) is 0 Å². The van der Waals surface area contributed by atoms with Crippen molar-refractivity contribution in [3.63, 3.8) is 0 Å². The lowest BCUT2D eigenvalue weighted by atomic mass is 10.1. The quantitative estimate of drug-likeness (QED) is 0.0168. The zero-order valence-electron chi connectivity index (χ0n) is 87.0. The third-order valence-corrected chi connectivity index (χ3v) is 20.0. The van der Waals surface area contributed by atoms with E-state index in [2.05, 4.69) is 81.5 Å². The summed E-state index contributed by atoms with van der Waals surface area (Å²) >= 11 is 3.40. The molecule has 3 aromatic carbocycles. The minimum atomic E-state index is -4.25. The molecule has 0 bridgehead atoms. The summed E-state index contributed by atoms with van der Waals surface area (Å²) in [6.07, 6.45) is -45.0. The van der Waals surface area contributed by atoms with Gasteiger partial charge in [-0.15, -0.1) is 15.3 Å². The summed E-state index contributed by atoms with van der Waals surface area (Å²) in [6.45, 7) is -6.88. The molecule has 18 atom stereocenters. The van der Waals surface area contributed by atoms with Crippen molar-refractivity contribution in [1.82, 2.24) is 74.9 Å². The predicted octanol–water partition coefficient (Wildman–Crippen LogP) is 6.55. The minimum absolute atomic E-state index is 0.00183. The number of benzene rings is 3. The van der Waals surface area contributed by atoms with Crippen LogP contribution in [0.1, 0.15) is 187 Å². The molecule has 6 heterocycles. The summed E-state index contributed by atoms with van der Waals surface area (Å²) in [7, 11) is 0. The van der Waals surface area contributed by atoms with E-state index in [1.54, 1.807) is 57.2 Å². The Kier molecular flexibility index (Phi) is 16.2. The first-order valence-corrected chi connectivity index (χ1v) is 36.4. The molecule has 582 valence electrons. The molecule has 30 nitrogen and oxygen atoms in total. The molecule has 6 aromatic heterocycles. The van der Waals surface area contributed by atoms with Crippen LogP contribution in [0.4, 0.5) is 30.6 Å². The van der Waals surface area contributed by atoms with Crippen molar-refractivity contribution in [1.29, 1.82) is 0 Å². The van der Waals surface area contributed by atoms with E-state index in [9.17, 15) is 59.1 Å². The third kappa shape index (κ3) is 17.5. The van der Waals surface area contributed by atoms with Crippen molar-refractivity contribution in [2.75, 3.05) is 72.7 Å². The minimum Gasteiger partial charge on any atom is -0.394 e. The topological polar surface area (TPSA) is 415 Å². The molecule has 6 aliphatic carbocycles. The highest BCUT2D eigenvalue weighted by Crippen LogP contribution is 2.48. The standard InChI is InChI=1S/3C24H31FN6O4S/c3*1-3-8-36-24-27-22(26-16-10-14(16)13-5-4-12(2)15(25)9-13)19-23(28-24)31(30-29-19)17-11-18(35-7-6-32)21(34)20(17)33/h3*4-5,9,14,16-18,20-21,32-34H,3,6-8,10-11H2,1-2H3,(H,26,27,28)/t3*14-,16+,17+,18-,20-,21+/m000/s1/i6D2,7D2,11D2,14D,17D,18D,20D,21D;7D2,11D2,14D,17D,18D,20D,21D;6D2,11D2,14D,17D,18D,20D,21D. The Morgan fingerprint density at radius 1 is 0.472 bits per heavy atom. The molecule has 6 aliphatic rings.